The fourth-order valence-electron chi connectivity index (χ4n) is 0.630. The Morgan fingerprint density at radius 3 is 2.27 bits per heavy atom. The van der Waals surface area contributed by atoms with Crippen molar-refractivity contribution in [3.63, 3.8) is 0 Å². The van der Waals surface area contributed by atoms with E-state index in [2.05, 4.69) is 0 Å². The standard InChI is InChI=1S/C9H16O2/c1-5-6-8(4)11-9(10)7(2)3/h5-8H,1-4H3/b6-5+. The minimum absolute atomic E-state index is 0.0392. The Kier molecular flexibility index (Phi) is 4.59. The average Bonchev–Trinajstić information content (AvgIpc) is 1.87. The van der Waals surface area contributed by atoms with Gasteiger partial charge in [-0.1, -0.05) is 19.9 Å². The van der Waals surface area contributed by atoms with Gasteiger partial charge in [0.05, 0.1) is 5.92 Å². The summed E-state index contributed by atoms with van der Waals surface area (Å²) in [6, 6.07) is 0. The summed E-state index contributed by atoms with van der Waals surface area (Å²) in [5.74, 6) is -0.182. The largest absolute Gasteiger partial charge is 0.458 e. The lowest BCUT2D eigenvalue weighted by molar-refractivity contribution is -0.149. The summed E-state index contributed by atoms with van der Waals surface area (Å²) in [5.41, 5.74) is 0. The molecule has 0 fully saturated rings. The van der Waals surface area contributed by atoms with Crippen molar-refractivity contribution in [3.05, 3.63) is 12.2 Å². The van der Waals surface area contributed by atoms with Crippen LogP contribution >= 0.6 is 0 Å². The Morgan fingerprint density at radius 1 is 1.36 bits per heavy atom. The van der Waals surface area contributed by atoms with Crippen molar-refractivity contribution in [2.45, 2.75) is 33.8 Å². The van der Waals surface area contributed by atoms with E-state index in [1.165, 1.54) is 0 Å². The Hall–Kier alpha value is -0.790. The second kappa shape index (κ2) is 4.94. The van der Waals surface area contributed by atoms with Crippen molar-refractivity contribution in [3.8, 4) is 0 Å². The third kappa shape index (κ3) is 4.59. The zero-order valence-electron chi connectivity index (χ0n) is 7.63. The zero-order valence-corrected chi connectivity index (χ0v) is 7.63. The Balaban J connectivity index is 3.75. The van der Waals surface area contributed by atoms with Crippen LogP contribution in [0.5, 0.6) is 0 Å². The molecule has 0 saturated carbocycles. The van der Waals surface area contributed by atoms with Crippen LogP contribution in [-0.4, -0.2) is 12.1 Å². The summed E-state index contributed by atoms with van der Waals surface area (Å²) in [6.07, 6.45) is 3.62. The SMILES string of the molecule is C/C=C/C(C)OC(=O)C(C)C. The maximum absolute atomic E-state index is 11.0. The highest BCUT2D eigenvalue weighted by Gasteiger charge is 2.10. The predicted molar refractivity (Wildman–Crippen MR) is 45.2 cm³/mol. The summed E-state index contributed by atoms with van der Waals surface area (Å²) in [6.45, 7) is 7.40. The van der Waals surface area contributed by atoms with E-state index in [-0.39, 0.29) is 18.0 Å². The van der Waals surface area contributed by atoms with Gasteiger partial charge in [0.1, 0.15) is 6.10 Å². The monoisotopic (exact) mass is 156 g/mol. The average molecular weight is 156 g/mol. The first-order chi connectivity index (χ1) is 5.07. The number of hydrogen-bond acceptors (Lipinski definition) is 2. The van der Waals surface area contributed by atoms with Crippen molar-refractivity contribution in [2.75, 3.05) is 0 Å². The molecule has 0 bridgehead atoms. The van der Waals surface area contributed by atoms with Gasteiger partial charge in [0.25, 0.3) is 0 Å². The molecule has 0 heterocycles. The summed E-state index contributed by atoms with van der Waals surface area (Å²) in [7, 11) is 0. The second-order valence-electron chi connectivity index (χ2n) is 2.82. The lowest BCUT2D eigenvalue weighted by Gasteiger charge is -2.10. The molecule has 0 aromatic rings. The van der Waals surface area contributed by atoms with E-state index in [1.807, 2.05) is 39.8 Å². The molecule has 1 atom stereocenters. The number of ether oxygens (including phenoxy) is 1. The van der Waals surface area contributed by atoms with E-state index in [9.17, 15) is 4.79 Å². The number of rotatable bonds is 3. The maximum Gasteiger partial charge on any atom is 0.308 e. The van der Waals surface area contributed by atoms with Gasteiger partial charge in [-0.3, -0.25) is 4.79 Å². The molecule has 0 rings (SSSR count). The molecule has 0 aliphatic carbocycles. The van der Waals surface area contributed by atoms with Gasteiger partial charge in [0, 0.05) is 0 Å². The molecule has 2 nitrogen and oxygen atoms in total. The smallest absolute Gasteiger partial charge is 0.308 e. The Morgan fingerprint density at radius 2 is 1.91 bits per heavy atom. The Bertz CT molecular complexity index is 148. The van der Waals surface area contributed by atoms with Crippen LogP contribution in [0.25, 0.3) is 0 Å². The molecule has 1 unspecified atom stereocenters. The van der Waals surface area contributed by atoms with Crippen molar-refractivity contribution >= 4 is 5.97 Å². The highest BCUT2D eigenvalue weighted by Crippen LogP contribution is 2.00. The van der Waals surface area contributed by atoms with Gasteiger partial charge in [-0.2, -0.15) is 0 Å². The minimum atomic E-state index is -0.143. The predicted octanol–water partition coefficient (Wildman–Crippen LogP) is 2.15. The topological polar surface area (TPSA) is 26.3 Å². The molecule has 0 aromatic heterocycles. The molecular formula is C9H16O2. The molecule has 0 aliphatic rings. The lowest BCUT2D eigenvalue weighted by Crippen LogP contribution is -2.17. The number of allylic oxidation sites excluding steroid dienone is 1. The lowest BCUT2D eigenvalue weighted by atomic mass is 10.2. The molecule has 11 heavy (non-hydrogen) atoms. The van der Waals surface area contributed by atoms with Crippen molar-refractivity contribution < 1.29 is 9.53 Å². The Labute approximate surface area is 68.2 Å². The van der Waals surface area contributed by atoms with Gasteiger partial charge in [0.2, 0.25) is 0 Å². The number of carbonyl (C=O) groups is 1. The van der Waals surface area contributed by atoms with Crippen LogP contribution in [0.3, 0.4) is 0 Å². The van der Waals surface area contributed by atoms with E-state index >= 15 is 0 Å². The molecule has 0 amide bonds. The van der Waals surface area contributed by atoms with E-state index in [4.69, 9.17) is 4.74 Å². The molecule has 0 saturated heterocycles. The summed E-state index contributed by atoms with van der Waals surface area (Å²) >= 11 is 0. The maximum atomic E-state index is 11.0. The number of esters is 1. The third-order valence-electron chi connectivity index (χ3n) is 1.24. The van der Waals surface area contributed by atoms with Crippen molar-refractivity contribution in [1.29, 1.82) is 0 Å². The molecule has 0 aliphatic heterocycles. The quantitative estimate of drug-likeness (QED) is 0.462. The molecule has 2 heteroatoms. The molecule has 64 valence electrons. The van der Waals surface area contributed by atoms with E-state index in [0.717, 1.165) is 0 Å². The van der Waals surface area contributed by atoms with Gasteiger partial charge < -0.3 is 4.74 Å². The van der Waals surface area contributed by atoms with Crippen LogP contribution in [0.2, 0.25) is 0 Å². The van der Waals surface area contributed by atoms with Crippen LogP contribution in [-0.2, 0) is 9.53 Å². The van der Waals surface area contributed by atoms with Gasteiger partial charge in [-0.05, 0) is 19.9 Å². The van der Waals surface area contributed by atoms with Gasteiger partial charge in [-0.15, -0.1) is 0 Å². The fraction of sp³-hybridized carbons (Fsp3) is 0.667. The molecular weight excluding hydrogens is 140 g/mol. The first kappa shape index (κ1) is 10.2. The van der Waals surface area contributed by atoms with Gasteiger partial charge in [-0.25, -0.2) is 0 Å². The van der Waals surface area contributed by atoms with E-state index < -0.39 is 0 Å². The van der Waals surface area contributed by atoms with Crippen molar-refractivity contribution in [2.24, 2.45) is 5.92 Å². The molecule has 0 spiro atoms. The summed E-state index contributed by atoms with van der Waals surface area (Å²) in [5, 5.41) is 0. The van der Waals surface area contributed by atoms with Crippen LogP contribution in [0, 0.1) is 5.92 Å². The molecule has 0 N–H and O–H groups in total. The minimum Gasteiger partial charge on any atom is -0.458 e. The first-order valence-corrected chi connectivity index (χ1v) is 3.91. The van der Waals surface area contributed by atoms with E-state index in [1.54, 1.807) is 0 Å². The fourth-order valence-corrected chi connectivity index (χ4v) is 0.630. The summed E-state index contributed by atoms with van der Waals surface area (Å²) in [4.78, 5) is 11.0. The first-order valence-electron chi connectivity index (χ1n) is 3.91. The van der Waals surface area contributed by atoms with Crippen LogP contribution in [0.1, 0.15) is 27.7 Å². The second-order valence-corrected chi connectivity index (χ2v) is 2.82. The summed E-state index contributed by atoms with van der Waals surface area (Å²) < 4.78 is 5.03. The molecule has 0 aromatic carbocycles. The zero-order chi connectivity index (χ0) is 8.85. The number of hydrogen-bond donors (Lipinski definition) is 0. The normalized spacial score (nSPS) is 13.9. The third-order valence-corrected chi connectivity index (χ3v) is 1.24. The highest BCUT2D eigenvalue weighted by molar-refractivity contribution is 5.71. The van der Waals surface area contributed by atoms with Crippen molar-refractivity contribution in [1.82, 2.24) is 0 Å². The van der Waals surface area contributed by atoms with Gasteiger partial charge >= 0.3 is 5.97 Å². The van der Waals surface area contributed by atoms with Crippen LogP contribution in [0.15, 0.2) is 12.2 Å². The highest BCUT2D eigenvalue weighted by atomic mass is 16.5. The van der Waals surface area contributed by atoms with E-state index in [0.29, 0.717) is 0 Å². The van der Waals surface area contributed by atoms with Crippen LogP contribution in [0.4, 0.5) is 0 Å². The molecule has 0 radical (unpaired) electrons. The van der Waals surface area contributed by atoms with Crippen LogP contribution < -0.4 is 0 Å². The number of carbonyl (C=O) groups excluding carboxylic acids is 1. The van der Waals surface area contributed by atoms with Gasteiger partial charge in [0.15, 0.2) is 0 Å².